The Morgan fingerprint density at radius 2 is 2.00 bits per heavy atom. The SMILES string of the molecule is Cc1ccc(-c2cc(C(=O)N3CCC(NC(=O)Cc4cccs4)CC3)[nH]n2)c(C)c1. The maximum atomic E-state index is 12.9. The van der Waals surface area contributed by atoms with Crippen molar-refractivity contribution >= 4 is 23.2 Å². The van der Waals surface area contributed by atoms with Crippen LogP contribution in [0.4, 0.5) is 0 Å². The van der Waals surface area contributed by atoms with Gasteiger partial charge in [-0.15, -0.1) is 11.3 Å². The largest absolute Gasteiger partial charge is 0.353 e. The molecule has 1 saturated heterocycles. The van der Waals surface area contributed by atoms with Gasteiger partial charge in [0.05, 0.1) is 12.1 Å². The number of H-pyrrole nitrogens is 1. The molecular weight excluding hydrogens is 396 g/mol. The third-order valence-electron chi connectivity index (χ3n) is 5.53. The summed E-state index contributed by atoms with van der Waals surface area (Å²) in [5, 5.41) is 12.3. The summed E-state index contributed by atoms with van der Waals surface area (Å²) < 4.78 is 0. The number of nitrogens with zero attached hydrogens (tertiary/aromatic N) is 2. The molecule has 1 aliphatic heterocycles. The molecule has 0 saturated carbocycles. The van der Waals surface area contributed by atoms with E-state index in [9.17, 15) is 9.59 Å². The number of aromatic amines is 1. The Morgan fingerprint density at radius 3 is 2.70 bits per heavy atom. The lowest BCUT2D eigenvalue weighted by Crippen LogP contribution is -2.46. The van der Waals surface area contributed by atoms with Gasteiger partial charge in [-0.25, -0.2) is 0 Å². The van der Waals surface area contributed by atoms with Crippen molar-refractivity contribution in [3.63, 3.8) is 0 Å². The van der Waals surface area contributed by atoms with Crippen molar-refractivity contribution in [3.05, 3.63) is 63.5 Å². The minimum atomic E-state index is -0.0399. The predicted molar refractivity (Wildman–Crippen MR) is 119 cm³/mol. The van der Waals surface area contributed by atoms with E-state index in [0.29, 0.717) is 25.2 Å². The quantitative estimate of drug-likeness (QED) is 0.658. The number of aromatic nitrogens is 2. The first kappa shape index (κ1) is 20.3. The maximum Gasteiger partial charge on any atom is 0.271 e. The van der Waals surface area contributed by atoms with Crippen LogP contribution in [0.25, 0.3) is 11.3 Å². The maximum absolute atomic E-state index is 12.9. The van der Waals surface area contributed by atoms with Gasteiger partial charge in [0.1, 0.15) is 5.69 Å². The Balaban J connectivity index is 1.32. The van der Waals surface area contributed by atoms with Gasteiger partial charge in [-0.2, -0.15) is 5.10 Å². The van der Waals surface area contributed by atoms with E-state index in [0.717, 1.165) is 34.5 Å². The van der Waals surface area contributed by atoms with Crippen LogP contribution in [0.3, 0.4) is 0 Å². The zero-order valence-corrected chi connectivity index (χ0v) is 18.1. The monoisotopic (exact) mass is 422 g/mol. The number of piperidine rings is 1. The van der Waals surface area contributed by atoms with Gasteiger partial charge in [-0.05, 0) is 49.8 Å². The second-order valence-electron chi connectivity index (χ2n) is 7.88. The van der Waals surface area contributed by atoms with Crippen LogP contribution >= 0.6 is 11.3 Å². The van der Waals surface area contributed by atoms with Crippen molar-refractivity contribution in [3.8, 4) is 11.3 Å². The van der Waals surface area contributed by atoms with Crippen LogP contribution in [0.5, 0.6) is 0 Å². The number of nitrogens with one attached hydrogen (secondary N) is 2. The van der Waals surface area contributed by atoms with Crippen LogP contribution < -0.4 is 5.32 Å². The molecular formula is C23H26N4O2S. The minimum absolute atomic E-state index is 0.0399. The number of aryl methyl sites for hydroxylation is 2. The summed E-state index contributed by atoms with van der Waals surface area (Å²) in [5.74, 6) is 0.00998. The molecule has 3 heterocycles. The third-order valence-corrected chi connectivity index (χ3v) is 6.40. The molecule has 0 atom stereocenters. The summed E-state index contributed by atoms with van der Waals surface area (Å²) in [4.78, 5) is 28.0. The number of amides is 2. The lowest BCUT2D eigenvalue weighted by atomic mass is 10.0. The van der Waals surface area contributed by atoms with Crippen LogP contribution in [0, 0.1) is 13.8 Å². The van der Waals surface area contributed by atoms with Crippen molar-refractivity contribution in [2.24, 2.45) is 0 Å². The van der Waals surface area contributed by atoms with Gasteiger partial charge in [0, 0.05) is 29.6 Å². The van der Waals surface area contributed by atoms with Crippen LogP contribution in [0.1, 0.15) is 39.3 Å². The molecule has 1 fully saturated rings. The lowest BCUT2D eigenvalue weighted by Gasteiger charge is -2.32. The van der Waals surface area contributed by atoms with Gasteiger partial charge >= 0.3 is 0 Å². The Labute approximate surface area is 180 Å². The highest BCUT2D eigenvalue weighted by Crippen LogP contribution is 2.24. The highest BCUT2D eigenvalue weighted by molar-refractivity contribution is 7.10. The predicted octanol–water partition coefficient (Wildman–Crippen LogP) is 3.72. The van der Waals surface area contributed by atoms with Gasteiger partial charge in [0.25, 0.3) is 5.91 Å². The summed E-state index contributed by atoms with van der Waals surface area (Å²) in [7, 11) is 0. The molecule has 0 spiro atoms. The fourth-order valence-corrected chi connectivity index (χ4v) is 4.62. The first-order valence-electron chi connectivity index (χ1n) is 10.2. The van der Waals surface area contributed by atoms with E-state index >= 15 is 0 Å². The molecule has 156 valence electrons. The van der Waals surface area contributed by atoms with E-state index < -0.39 is 0 Å². The molecule has 2 N–H and O–H groups in total. The highest BCUT2D eigenvalue weighted by atomic mass is 32.1. The first-order chi connectivity index (χ1) is 14.5. The summed E-state index contributed by atoms with van der Waals surface area (Å²) in [6.45, 7) is 5.36. The normalized spacial score (nSPS) is 14.7. The second kappa shape index (κ2) is 8.83. The summed E-state index contributed by atoms with van der Waals surface area (Å²) in [6, 6.07) is 12.1. The number of carbonyl (C=O) groups is 2. The fraction of sp³-hybridized carbons (Fsp3) is 0.348. The number of likely N-dealkylation sites (tertiary alicyclic amines) is 1. The molecule has 0 bridgehead atoms. The number of rotatable bonds is 5. The van der Waals surface area contributed by atoms with Gasteiger partial charge < -0.3 is 10.2 Å². The molecule has 1 aliphatic rings. The summed E-state index contributed by atoms with van der Waals surface area (Å²) in [5.41, 5.74) is 4.66. The van der Waals surface area contributed by atoms with Crippen LogP contribution in [0.15, 0.2) is 41.8 Å². The zero-order valence-electron chi connectivity index (χ0n) is 17.3. The van der Waals surface area contributed by atoms with Crippen LogP contribution in [-0.2, 0) is 11.2 Å². The van der Waals surface area contributed by atoms with E-state index in [1.54, 1.807) is 11.3 Å². The molecule has 3 aromatic rings. The molecule has 30 heavy (non-hydrogen) atoms. The standard InChI is InChI=1S/C23H26N4O2S/c1-15-5-6-19(16(2)12-15)20-14-21(26-25-20)23(29)27-9-7-17(8-10-27)24-22(28)13-18-4-3-11-30-18/h3-6,11-12,14,17H,7-10,13H2,1-2H3,(H,24,28)(H,25,26). The molecule has 4 rings (SSSR count). The topological polar surface area (TPSA) is 78.1 Å². The van der Waals surface area contributed by atoms with E-state index in [4.69, 9.17) is 0 Å². The van der Waals surface area contributed by atoms with E-state index in [1.165, 1.54) is 5.56 Å². The van der Waals surface area contributed by atoms with E-state index in [1.807, 2.05) is 34.5 Å². The fourth-order valence-electron chi connectivity index (χ4n) is 3.92. The Kier molecular flexibility index (Phi) is 5.99. The number of thiophene rings is 1. The van der Waals surface area contributed by atoms with Gasteiger partial charge in [0.2, 0.25) is 5.91 Å². The first-order valence-corrected chi connectivity index (χ1v) is 11.1. The van der Waals surface area contributed by atoms with Crippen molar-refractivity contribution in [2.75, 3.05) is 13.1 Å². The van der Waals surface area contributed by atoms with Crippen molar-refractivity contribution in [2.45, 2.75) is 39.2 Å². The molecule has 2 amide bonds. The number of carbonyl (C=O) groups excluding carboxylic acids is 2. The average molecular weight is 423 g/mol. The smallest absolute Gasteiger partial charge is 0.271 e. The Bertz CT molecular complexity index is 1030. The number of hydrogen-bond donors (Lipinski definition) is 2. The lowest BCUT2D eigenvalue weighted by molar-refractivity contribution is -0.121. The molecule has 0 radical (unpaired) electrons. The Hall–Kier alpha value is -2.93. The molecule has 2 aromatic heterocycles. The van der Waals surface area contributed by atoms with Gasteiger partial charge in [-0.3, -0.25) is 14.7 Å². The molecule has 6 nitrogen and oxygen atoms in total. The summed E-state index contributed by atoms with van der Waals surface area (Å²) >= 11 is 1.59. The van der Waals surface area contributed by atoms with Crippen molar-refractivity contribution < 1.29 is 9.59 Å². The minimum Gasteiger partial charge on any atom is -0.353 e. The molecule has 7 heteroatoms. The zero-order chi connectivity index (χ0) is 21.1. The summed E-state index contributed by atoms with van der Waals surface area (Å²) in [6.07, 6.45) is 1.95. The third kappa shape index (κ3) is 4.62. The van der Waals surface area contributed by atoms with Gasteiger partial charge in [-0.1, -0.05) is 29.8 Å². The molecule has 0 unspecified atom stereocenters. The molecule has 1 aromatic carbocycles. The van der Waals surface area contributed by atoms with Crippen molar-refractivity contribution in [1.82, 2.24) is 20.4 Å². The van der Waals surface area contributed by atoms with Crippen molar-refractivity contribution in [1.29, 1.82) is 0 Å². The average Bonchev–Trinajstić information content (AvgIpc) is 3.40. The highest BCUT2D eigenvalue weighted by Gasteiger charge is 2.26. The second-order valence-corrected chi connectivity index (χ2v) is 8.91. The van der Waals surface area contributed by atoms with Gasteiger partial charge in [0.15, 0.2) is 0 Å². The number of hydrogen-bond acceptors (Lipinski definition) is 4. The van der Waals surface area contributed by atoms with E-state index in [2.05, 4.69) is 41.5 Å². The van der Waals surface area contributed by atoms with Crippen LogP contribution in [-0.4, -0.2) is 46.0 Å². The Morgan fingerprint density at radius 1 is 1.20 bits per heavy atom. The van der Waals surface area contributed by atoms with E-state index in [-0.39, 0.29) is 17.9 Å². The number of benzene rings is 1. The van der Waals surface area contributed by atoms with Crippen LogP contribution in [0.2, 0.25) is 0 Å². The molecule has 0 aliphatic carbocycles.